The molecular weight excluding hydrogens is 492 g/mol. The van der Waals surface area contributed by atoms with Crippen LogP contribution in [0.4, 0.5) is 14.5 Å². The third-order valence-corrected chi connectivity index (χ3v) is 8.03. The van der Waals surface area contributed by atoms with Gasteiger partial charge in [0.2, 0.25) is 11.8 Å². The molecule has 9 nitrogen and oxygen atoms in total. The molecule has 2 amide bonds. The number of sulfonamides is 1. The highest BCUT2D eigenvalue weighted by Crippen LogP contribution is 2.41. The number of nitrogens with one attached hydrogen (secondary N) is 2. The van der Waals surface area contributed by atoms with Crippen LogP contribution >= 0.6 is 0 Å². The highest BCUT2D eigenvalue weighted by Gasteiger charge is 2.37. The van der Waals surface area contributed by atoms with Crippen LogP contribution in [0.2, 0.25) is 0 Å². The first kappa shape index (κ1) is 28.0. The van der Waals surface area contributed by atoms with Gasteiger partial charge in [-0.25, -0.2) is 17.2 Å². The molecule has 12 heteroatoms. The van der Waals surface area contributed by atoms with E-state index in [1.54, 1.807) is 0 Å². The monoisotopic (exact) mass is 527 g/mol. The van der Waals surface area contributed by atoms with Gasteiger partial charge in [-0.1, -0.05) is 19.3 Å². The van der Waals surface area contributed by atoms with Gasteiger partial charge in [0.25, 0.3) is 10.0 Å². The maximum absolute atomic E-state index is 16.4. The van der Waals surface area contributed by atoms with Crippen molar-refractivity contribution < 1.29 is 26.8 Å². The standard InChI is InChI=1S/C24H35F2N5O4S/c1-4-36(34,35)30-22(29-23(32)14(2)27)16-13-17(25)21(31-12-8-11-18(31)24(33)28-3)20(26)19(16)15-9-6-5-7-10-15/h13-15,18H,4-12,27H2,1-3H3,(H,28,33)(H,29,30,32)/t14-,18-/m0/s1. The van der Waals surface area contributed by atoms with E-state index in [9.17, 15) is 18.0 Å². The van der Waals surface area contributed by atoms with Gasteiger partial charge in [-0.05, 0) is 51.5 Å². The number of carbonyl (C=O) groups is 2. The molecule has 3 rings (SSSR count). The first-order valence-corrected chi connectivity index (χ1v) is 14.0. The Morgan fingerprint density at radius 1 is 1.19 bits per heavy atom. The molecule has 1 saturated heterocycles. The lowest BCUT2D eigenvalue weighted by molar-refractivity contribution is -0.122. The molecule has 2 fully saturated rings. The fraction of sp³-hybridized carbons (Fsp3) is 0.625. The molecule has 0 unspecified atom stereocenters. The van der Waals surface area contributed by atoms with Crippen molar-refractivity contribution in [2.75, 3.05) is 24.2 Å². The topological polar surface area (TPSA) is 134 Å². The summed E-state index contributed by atoms with van der Waals surface area (Å²) in [6.45, 7) is 3.07. The molecule has 1 aliphatic carbocycles. The molecule has 0 bridgehead atoms. The smallest absolute Gasteiger partial charge is 0.254 e. The summed E-state index contributed by atoms with van der Waals surface area (Å²) in [4.78, 5) is 26.3. The van der Waals surface area contributed by atoms with E-state index in [4.69, 9.17) is 5.73 Å². The number of halogens is 2. The normalized spacial score (nSPS) is 20.3. The molecule has 200 valence electrons. The van der Waals surface area contributed by atoms with E-state index in [-0.39, 0.29) is 34.4 Å². The van der Waals surface area contributed by atoms with Crippen LogP contribution in [-0.2, 0) is 19.6 Å². The molecule has 1 aromatic carbocycles. The van der Waals surface area contributed by atoms with E-state index < -0.39 is 45.5 Å². The van der Waals surface area contributed by atoms with Crippen LogP contribution in [0.15, 0.2) is 10.5 Å². The van der Waals surface area contributed by atoms with Gasteiger partial charge in [-0.3, -0.25) is 9.59 Å². The van der Waals surface area contributed by atoms with Gasteiger partial charge in [0, 0.05) is 24.7 Å². The Kier molecular flexibility index (Phi) is 9.04. The van der Waals surface area contributed by atoms with Crippen molar-refractivity contribution in [1.29, 1.82) is 0 Å². The maximum Gasteiger partial charge on any atom is 0.254 e. The molecule has 36 heavy (non-hydrogen) atoms. The van der Waals surface area contributed by atoms with Crippen molar-refractivity contribution in [3.63, 3.8) is 0 Å². The number of amidine groups is 1. The van der Waals surface area contributed by atoms with Crippen LogP contribution in [0.1, 0.15) is 75.8 Å². The van der Waals surface area contributed by atoms with Crippen molar-refractivity contribution in [3.05, 3.63) is 28.8 Å². The Hall–Kier alpha value is -2.60. The predicted octanol–water partition coefficient (Wildman–Crippen LogP) is 2.29. The summed E-state index contributed by atoms with van der Waals surface area (Å²) in [5.41, 5.74) is 5.31. The summed E-state index contributed by atoms with van der Waals surface area (Å²) in [5, 5.41) is 4.92. The van der Waals surface area contributed by atoms with Crippen LogP contribution in [0.3, 0.4) is 0 Å². The Morgan fingerprint density at radius 3 is 2.44 bits per heavy atom. The molecule has 1 aromatic rings. The number of nitrogens with zero attached hydrogens (tertiary/aromatic N) is 2. The number of nitrogens with two attached hydrogens (primary N) is 1. The number of rotatable bonds is 7. The average Bonchev–Trinajstić information content (AvgIpc) is 3.32. The number of amides is 2. The van der Waals surface area contributed by atoms with E-state index in [0.717, 1.165) is 25.3 Å². The highest BCUT2D eigenvalue weighted by molar-refractivity contribution is 7.90. The second kappa shape index (κ2) is 11.6. The minimum atomic E-state index is -4.04. The first-order chi connectivity index (χ1) is 17.0. The van der Waals surface area contributed by atoms with Gasteiger partial charge in [0.15, 0.2) is 11.7 Å². The molecule has 1 heterocycles. The maximum atomic E-state index is 16.4. The van der Waals surface area contributed by atoms with Gasteiger partial charge in [-0.2, -0.15) is 0 Å². The van der Waals surface area contributed by atoms with E-state index in [0.29, 0.717) is 32.2 Å². The van der Waals surface area contributed by atoms with Crippen LogP contribution in [0.25, 0.3) is 0 Å². The zero-order valence-electron chi connectivity index (χ0n) is 20.9. The molecule has 0 spiro atoms. The third kappa shape index (κ3) is 6.03. The first-order valence-electron chi connectivity index (χ1n) is 12.4. The lowest BCUT2D eigenvalue weighted by atomic mass is 9.81. The summed E-state index contributed by atoms with van der Waals surface area (Å²) in [7, 11) is -2.56. The quantitative estimate of drug-likeness (QED) is 0.368. The Morgan fingerprint density at radius 2 is 1.86 bits per heavy atom. The second-order valence-electron chi connectivity index (χ2n) is 9.37. The predicted molar refractivity (Wildman–Crippen MR) is 134 cm³/mol. The number of likely N-dealkylation sites (N-methyl/N-ethyl adjacent to an activating group) is 1. The summed E-state index contributed by atoms with van der Waals surface area (Å²) in [6, 6.07) is -0.715. The lowest BCUT2D eigenvalue weighted by Gasteiger charge is -2.31. The van der Waals surface area contributed by atoms with Crippen LogP contribution < -0.4 is 21.3 Å². The van der Waals surface area contributed by atoms with Crippen LogP contribution in [0, 0.1) is 11.6 Å². The molecule has 0 radical (unpaired) electrons. The van der Waals surface area contributed by atoms with Gasteiger partial charge < -0.3 is 21.3 Å². The van der Waals surface area contributed by atoms with E-state index in [1.165, 1.54) is 25.8 Å². The molecular formula is C24H35F2N5O4S. The molecule has 4 N–H and O–H groups in total. The highest BCUT2D eigenvalue weighted by atomic mass is 32.2. The Balaban J connectivity index is 2.26. The van der Waals surface area contributed by atoms with E-state index >= 15 is 8.78 Å². The third-order valence-electron chi connectivity index (χ3n) is 6.84. The van der Waals surface area contributed by atoms with Crippen molar-refractivity contribution in [2.24, 2.45) is 10.1 Å². The average molecular weight is 528 g/mol. The molecule has 2 aliphatic rings. The minimum Gasteiger partial charge on any atom is -0.357 e. The number of hydrogen-bond donors (Lipinski definition) is 3. The fourth-order valence-corrected chi connectivity index (χ4v) is 5.47. The number of hydrogen-bond acceptors (Lipinski definition) is 6. The van der Waals surface area contributed by atoms with Gasteiger partial charge >= 0.3 is 0 Å². The zero-order valence-corrected chi connectivity index (χ0v) is 21.8. The van der Waals surface area contributed by atoms with Crippen molar-refractivity contribution in [2.45, 2.75) is 76.8 Å². The molecule has 0 aromatic heterocycles. The number of benzene rings is 1. The minimum absolute atomic E-state index is 0.101. The molecule has 1 aliphatic heterocycles. The Labute approximate surface area is 210 Å². The summed E-state index contributed by atoms with van der Waals surface area (Å²) >= 11 is 0. The van der Waals surface area contributed by atoms with Crippen LogP contribution in [0.5, 0.6) is 0 Å². The van der Waals surface area contributed by atoms with Gasteiger partial charge in [0.05, 0.1) is 11.8 Å². The summed E-state index contributed by atoms with van der Waals surface area (Å²) < 4.78 is 60.6. The summed E-state index contributed by atoms with van der Waals surface area (Å²) in [6.07, 6.45) is 4.89. The second-order valence-corrected chi connectivity index (χ2v) is 11.3. The molecule has 2 atom stereocenters. The number of anilines is 1. The van der Waals surface area contributed by atoms with Crippen molar-refractivity contribution in [3.8, 4) is 0 Å². The van der Waals surface area contributed by atoms with E-state index in [2.05, 4.69) is 15.0 Å². The largest absolute Gasteiger partial charge is 0.357 e. The van der Waals surface area contributed by atoms with Gasteiger partial charge in [-0.15, -0.1) is 4.40 Å². The SMILES string of the molecule is CCS(=O)(=O)N=C(NC(=O)[C@H](C)N)c1cc(F)c(N2CCC[C@H]2C(=O)NC)c(F)c1C1CCCCC1. The molecule has 1 saturated carbocycles. The Bertz CT molecular complexity index is 1130. The van der Waals surface area contributed by atoms with Crippen LogP contribution in [-0.4, -0.2) is 57.5 Å². The van der Waals surface area contributed by atoms with Crippen molar-refractivity contribution in [1.82, 2.24) is 10.6 Å². The van der Waals surface area contributed by atoms with Gasteiger partial charge in [0.1, 0.15) is 17.5 Å². The van der Waals surface area contributed by atoms with Crippen molar-refractivity contribution >= 4 is 33.4 Å². The lowest BCUT2D eigenvalue weighted by Crippen LogP contribution is -2.44. The summed E-state index contributed by atoms with van der Waals surface area (Å²) in [5.74, 6) is -4.05. The van der Waals surface area contributed by atoms with E-state index in [1.807, 2.05) is 0 Å². The fourth-order valence-electron chi connectivity index (χ4n) is 4.92. The zero-order chi connectivity index (χ0) is 26.6. The number of carbonyl (C=O) groups excluding carboxylic acids is 2.